The van der Waals surface area contributed by atoms with Crippen molar-refractivity contribution < 1.29 is 13.2 Å². The van der Waals surface area contributed by atoms with E-state index in [1.165, 1.54) is 0 Å². The van der Waals surface area contributed by atoms with Crippen molar-refractivity contribution in [3.8, 4) is 5.75 Å². The van der Waals surface area contributed by atoms with Crippen LogP contribution in [0.2, 0.25) is 0 Å². The standard InChI is InChI=1S/C15H22N2O3S.ClH/c1-11(16)12-4-7-17(8-5-12)21(18,19)14-2-3-15-13(10-14)6-9-20-15;/h2-3,10-12H,4-9,16H2,1H3;1H. The molecule has 0 spiro atoms. The smallest absolute Gasteiger partial charge is 0.243 e. The second kappa shape index (κ2) is 6.74. The lowest BCUT2D eigenvalue weighted by Crippen LogP contribution is -2.42. The first-order valence-corrected chi connectivity index (χ1v) is 8.94. The highest BCUT2D eigenvalue weighted by molar-refractivity contribution is 7.89. The molecule has 7 heteroatoms. The fraction of sp³-hybridized carbons (Fsp3) is 0.600. The van der Waals surface area contributed by atoms with Gasteiger partial charge in [0.1, 0.15) is 5.75 Å². The number of hydrogen-bond donors (Lipinski definition) is 1. The number of piperidine rings is 1. The Morgan fingerprint density at radius 1 is 1.32 bits per heavy atom. The Labute approximate surface area is 138 Å². The third-order valence-electron chi connectivity index (χ3n) is 4.54. The number of benzene rings is 1. The van der Waals surface area contributed by atoms with E-state index < -0.39 is 10.0 Å². The van der Waals surface area contributed by atoms with Crippen molar-refractivity contribution >= 4 is 22.4 Å². The van der Waals surface area contributed by atoms with Gasteiger partial charge in [-0.15, -0.1) is 12.4 Å². The molecule has 2 aliphatic rings. The Morgan fingerprint density at radius 2 is 2.00 bits per heavy atom. The number of nitrogens with two attached hydrogens (primary N) is 1. The molecule has 3 rings (SSSR count). The van der Waals surface area contributed by atoms with Gasteiger partial charge in [0.2, 0.25) is 10.0 Å². The summed E-state index contributed by atoms with van der Waals surface area (Å²) >= 11 is 0. The molecule has 0 bridgehead atoms. The lowest BCUT2D eigenvalue weighted by atomic mass is 9.92. The molecular weight excluding hydrogens is 324 g/mol. The predicted molar refractivity (Wildman–Crippen MR) is 88.0 cm³/mol. The summed E-state index contributed by atoms with van der Waals surface area (Å²) in [4.78, 5) is 0.381. The number of ether oxygens (including phenoxy) is 1. The molecule has 2 N–H and O–H groups in total. The third kappa shape index (κ3) is 3.25. The van der Waals surface area contributed by atoms with Crippen molar-refractivity contribution in [3.63, 3.8) is 0 Å². The topological polar surface area (TPSA) is 72.6 Å². The number of hydrogen-bond acceptors (Lipinski definition) is 4. The van der Waals surface area contributed by atoms with Crippen molar-refractivity contribution in [2.24, 2.45) is 11.7 Å². The van der Waals surface area contributed by atoms with E-state index in [4.69, 9.17) is 10.5 Å². The van der Waals surface area contributed by atoms with E-state index in [-0.39, 0.29) is 18.4 Å². The van der Waals surface area contributed by atoms with Crippen molar-refractivity contribution in [3.05, 3.63) is 23.8 Å². The van der Waals surface area contributed by atoms with Crippen LogP contribution in [0.15, 0.2) is 23.1 Å². The summed E-state index contributed by atoms with van der Waals surface area (Å²) in [6.07, 6.45) is 2.46. The highest BCUT2D eigenvalue weighted by Gasteiger charge is 2.31. The Bertz CT molecular complexity index is 626. The SMILES string of the molecule is CC(N)C1CCN(S(=O)(=O)c2ccc3c(c2)CCO3)CC1.Cl. The monoisotopic (exact) mass is 346 g/mol. The first-order chi connectivity index (χ1) is 9.98. The lowest BCUT2D eigenvalue weighted by Gasteiger charge is -2.33. The third-order valence-corrected chi connectivity index (χ3v) is 6.44. The van der Waals surface area contributed by atoms with Gasteiger partial charge in [0.05, 0.1) is 11.5 Å². The molecule has 0 aromatic heterocycles. The summed E-state index contributed by atoms with van der Waals surface area (Å²) < 4.78 is 32.5. The summed E-state index contributed by atoms with van der Waals surface area (Å²) in [6.45, 7) is 3.75. The Morgan fingerprint density at radius 3 is 2.64 bits per heavy atom. The van der Waals surface area contributed by atoms with Gasteiger partial charge in [-0.1, -0.05) is 0 Å². The molecule has 0 aliphatic carbocycles. The Kier molecular flexibility index (Phi) is 5.37. The summed E-state index contributed by atoms with van der Waals surface area (Å²) in [5, 5.41) is 0. The maximum absolute atomic E-state index is 12.7. The highest BCUT2D eigenvalue weighted by Crippen LogP contribution is 2.30. The van der Waals surface area contributed by atoms with E-state index in [1.807, 2.05) is 6.92 Å². The van der Waals surface area contributed by atoms with Crippen molar-refractivity contribution in [2.45, 2.75) is 37.1 Å². The first kappa shape index (κ1) is 17.5. The molecule has 1 aromatic carbocycles. The summed E-state index contributed by atoms with van der Waals surface area (Å²) in [6, 6.07) is 5.31. The number of rotatable bonds is 3. The first-order valence-electron chi connectivity index (χ1n) is 7.50. The van der Waals surface area contributed by atoms with E-state index >= 15 is 0 Å². The minimum atomic E-state index is -3.40. The summed E-state index contributed by atoms with van der Waals surface area (Å²) in [7, 11) is -3.40. The average Bonchev–Trinajstić information content (AvgIpc) is 2.94. The molecule has 1 atom stereocenters. The molecule has 0 radical (unpaired) electrons. The van der Waals surface area contributed by atoms with Gasteiger partial charge in [-0.25, -0.2) is 8.42 Å². The number of fused-ring (bicyclic) bond motifs is 1. The molecule has 124 valence electrons. The normalized spacial score (nSPS) is 20.8. The quantitative estimate of drug-likeness (QED) is 0.905. The maximum Gasteiger partial charge on any atom is 0.243 e. The maximum atomic E-state index is 12.7. The van der Waals surface area contributed by atoms with Crippen LogP contribution in [-0.2, 0) is 16.4 Å². The van der Waals surface area contributed by atoms with E-state index in [2.05, 4.69) is 0 Å². The molecule has 1 unspecified atom stereocenters. The molecule has 5 nitrogen and oxygen atoms in total. The molecule has 1 saturated heterocycles. The van der Waals surface area contributed by atoms with Crippen LogP contribution in [0.5, 0.6) is 5.75 Å². The van der Waals surface area contributed by atoms with Crippen LogP contribution >= 0.6 is 12.4 Å². The molecule has 2 aliphatic heterocycles. The van der Waals surface area contributed by atoms with E-state index in [9.17, 15) is 8.42 Å². The zero-order chi connectivity index (χ0) is 15.0. The molecular formula is C15H23ClN2O3S. The largest absolute Gasteiger partial charge is 0.493 e. The van der Waals surface area contributed by atoms with Gasteiger partial charge in [-0.2, -0.15) is 4.31 Å². The Hall–Kier alpha value is -0.820. The highest BCUT2D eigenvalue weighted by atomic mass is 35.5. The number of nitrogens with zero attached hydrogens (tertiary/aromatic N) is 1. The van der Waals surface area contributed by atoms with Gasteiger partial charge in [0.15, 0.2) is 0 Å². The zero-order valence-electron chi connectivity index (χ0n) is 12.7. The fourth-order valence-electron chi connectivity index (χ4n) is 3.11. The lowest BCUT2D eigenvalue weighted by molar-refractivity contribution is 0.250. The van der Waals surface area contributed by atoms with Gasteiger partial charge in [-0.05, 0) is 49.4 Å². The molecule has 0 amide bonds. The fourth-order valence-corrected chi connectivity index (χ4v) is 4.64. The van der Waals surface area contributed by atoms with E-state index in [1.54, 1.807) is 22.5 Å². The van der Waals surface area contributed by atoms with Gasteiger partial charge >= 0.3 is 0 Å². The van der Waals surface area contributed by atoms with Crippen molar-refractivity contribution in [2.75, 3.05) is 19.7 Å². The van der Waals surface area contributed by atoms with Crippen LogP contribution in [0.1, 0.15) is 25.3 Å². The van der Waals surface area contributed by atoms with Gasteiger partial charge in [-0.3, -0.25) is 0 Å². The van der Waals surface area contributed by atoms with Crippen LogP contribution in [0.3, 0.4) is 0 Å². The molecule has 1 aromatic rings. The molecule has 22 heavy (non-hydrogen) atoms. The van der Waals surface area contributed by atoms with Gasteiger partial charge in [0.25, 0.3) is 0 Å². The number of halogens is 1. The second-order valence-electron chi connectivity index (χ2n) is 5.97. The minimum Gasteiger partial charge on any atom is -0.493 e. The van der Waals surface area contributed by atoms with Crippen LogP contribution in [-0.4, -0.2) is 38.5 Å². The number of sulfonamides is 1. The van der Waals surface area contributed by atoms with Crippen LogP contribution in [0.4, 0.5) is 0 Å². The van der Waals surface area contributed by atoms with Crippen molar-refractivity contribution in [1.82, 2.24) is 4.31 Å². The molecule has 2 heterocycles. The van der Waals surface area contributed by atoms with E-state index in [0.29, 0.717) is 30.5 Å². The average molecular weight is 347 g/mol. The summed E-state index contributed by atoms with van der Waals surface area (Å²) in [5.41, 5.74) is 6.90. The molecule has 1 fully saturated rings. The predicted octanol–water partition coefficient (Wildman–Crippen LogP) is 1.79. The Balaban J connectivity index is 0.00000176. The van der Waals surface area contributed by atoms with Crippen LogP contribution < -0.4 is 10.5 Å². The minimum absolute atomic E-state index is 0. The van der Waals surface area contributed by atoms with Crippen LogP contribution in [0.25, 0.3) is 0 Å². The van der Waals surface area contributed by atoms with Gasteiger partial charge in [0, 0.05) is 25.6 Å². The second-order valence-corrected chi connectivity index (χ2v) is 7.91. The zero-order valence-corrected chi connectivity index (χ0v) is 14.3. The van der Waals surface area contributed by atoms with Crippen LogP contribution in [0, 0.1) is 5.92 Å². The molecule has 0 saturated carbocycles. The van der Waals surface area contributed by atoms with Crippen molar-refractivity contribution in [1.29, 1.82) is 0 Å². The summed E-state index contributed by atoms with van der Waals surface area (Å²) in [5.74, 6) is 1.23. The van der Waals surface area contributed by atoms with Gasteiger partial charge < -0.3 is 10.5 Å². The van der Waals surface area contributed by atoms with E-state index in [0.717, 1.165) is 30.6 Å².